The molecule has 4 spiro atoms. The van der Waals surface area contributed by atoms with Gasteiger partial charge in [0.1, 0.15) is 34.2 Å². The van der Waals surface area contributed by atoms with Crippen LogP contribution in [0.5, 0.6) is 0 Å². The summed E-state index contributed by atoms with van der Waals surface area (Å²) in [6, 6.07) is 58.9. The summed E-state index contributed by atoms with van der Waals surface area (Å²) in [7, 11) is 0. The molecule has 29 nitrogen and oxygen atoms in total. The minimum Gasteiger partial charge on any atom is -0.412 e. The number of ketones is 2. The van der Waals surface area contributed by atoms with Crippen molar-refractivity contribution in [3.63, 3.8) is 0 Å². The number of rotatable bonds is 14. The van der Waals surface area contributed by atoms with Gasteiger partial charge in [0.2, 0.25) is 0 Å². The van der Waals surface area contributed by atoms with E-state index in [0.717, 1.165) is 227 Å². The molecule has 752 valence electrons. The quantitative estimate of drug-likeness (QED) is 0.0631. The Bertz CT molecular complexity index is 6110. The second-order valence-electron chi connectivity index (χ2n) is 38.0. The van der Waals surface area contributed by atoms with Crippen molar-refractivity contribution >= 4 is 110 Å². The third kappa shape index (κ3) is 29.2. The van der Waals surface area contributed by atoms with Crippen molar-refractivity contribution in [3.8, 4) is 45.0 Å². The molecule has 6 aliphatic carbocycles. The first-order valence-corrected chi connectivity index (χ1v) is 49.9. The van der Waals surface area contributed by atoms with Crippen LogP contribution < -0.4 is 27.0 Å². The van der Waals surface area contributed by atoms with Crippen LogP contribution in [-0.2, 0) is 74.5 Å². The Morgan fingerprint density at radius 1 is 0.364 bits per heavy atom. The number of carbonyl (C=O) groups is 2. The van der Waals surface area contributed by atoms with E-state index in [1.54, 1.807) is 23.0 Å². The third-order valence-corrected chi connectivity index (χ3v) is 27.9. The Labute approximate surface area is 857 Å². The number of carbonyl (C=O) groups excluding carboxylic acids is 2. The minimum atomic E-state index is -0.367. The van der Waals surface area contributed by atoms with Crippen LogP contribution in [0.4, 0.5) is 17.5 Å². The van der Waals surface area contributed by atoms with E-state index >= 15 is 0 Å². The molecule has 0 radical (unpaired) electrons. The maximum Gasteiger partial charge on any atom is 0.169 e. The Hall–Kier alpha value is -9.05. The number of halogens is 5. The van der Waals surface area contributed by atoms with Crippen molar-refractivity contribution < 1.29 is 78.9 Å². The summed E-state index contributed by atoms with van der Waals surface area (Å²) in [6.07, 6.45) is 31.6. The summed E-state index contributed by atoms with van der Waals surface area (Å²) in [5, 5.41) is 36.0. The summed E-state index contributed by atoms with van der Waals surface area (Å²) in [5.74, 6) is 2.95. The fourth-order valence-corrected chi connectivity index (χ4v) is 20.5. The first-order valence-electron chi connectivity index (χ1n) is 48.0. The molecule has 35 heteroatoms. The van der Waals surface area contributed by atoms with Crippen LogP contribution in [0.1, 0.15) is 194 Å². The average Bonchev–Trinajstić information content (AvgIpc) is 1.69. The Morgan fingerprint density at radius 3 is 1.04 bits per heavy atom. The molecule has 8 aromatic heterocycles. The van der Waals surface area contributed by atoms with Gasteiger partial charge in [-0.05, 0) is 197 Å². The van der Waals surface area contributed by atoms with Gasteiger partial charge in [-0.1, -0.05) is 165 Å². The van der Waals surface area contributed by atoms with Crippen molar-refractivity contribution in [2.24, 2.45) is 17.1 Å². The molecular weight excluding hydrogens is 1970 g/mol. The van der Waals surface area contributed by atoms with Crippen LogP contribution in [0.15, 0.2) is 201 Å². The molecule has 0 atom stereocenters. The molecule has 4 aliphatic heterocycles. The van der Waals surface area contributed by atoms with Crippen molar-refractivity contribution in [1.29, 1.82) is 0 Å². The topological polar surface area (TPSA) is 366 Å². The minimum absolute atomic E-state index is 0. The number of hydrogen-bond acceptors (Lipinski definition) is 23. The number of Topliss-reactive ketones (excluding diaryl/α,β-unsaturated/α-hetero) is 2. The fourth-order valence-electron chi connectivity index (χ4n) is 19.6. The van der Waals surface area contributed by atoms with Crippen LogP contribution in [0, 0.1) is 11.3 Å². The first-order chi connectivity index (χ1) is 66.0. The monoisotopic (exact) mass is 2100 g/mol. The summed E-state index contributed by atoms with van der Waals surface area (Å²) in [4.78, 5) is 39.9. The third-order valence-electron chi connectivity index (χ3n) is 26.8. The molecule has 140 heavy (non-hydrogen) atoms. The zero-order valence-corrected chi connectivity index (χ0v) is 84.1. The van der Waals surface area contributed by atoms with Gasteiger partial charge < -0.3 is 75.8 Å². The zero-order chi connectivity index (χ0) is 94.1. The van der Waals surface area contributed by atoms with E-state index in [1.807, 2.05) is 165 Å². The number of nitrogens with two attached hydrogens (primary N) is 1. The van der Waals surface area contributed by atoms with Crippen LogP contribution in [0.25, 0.3) is 67.6 Å². The molecule has 6 saturated carbocycles. The average molecular weight is 2110 g/mol. The Balaban J connectivity index is 0.000000140. The Kier molecular flexibility index (Phi) is 39.0. The van der Waals surface area contributed by atoms with E-state index in [0.29, 0.717) is 125 Å². The zero-order valence-electron chi connectivity index (χ0n) is 78.8. The van der Waals surface area contributed by atoms with Crippen molar-refractivity contribution in [2.45, 2.75) is 249 Å². The molecule has 23 rings (SSSR count). The number of benzene rings is 5. The number of aromatic nitrogens is 12. The second kappa shape index (κ2) is 50.5. The molecule has 10 fully saturated rings. The van der Waals surface area contributed by atoms with Gasteiger partial charge in [-0.3, -0.25) is 9.59 Å². The van der Waals surface area contributed by atoms with Gasteiger partial charge in [0.15, 0.2) is 45.7 Å². The van der Waals surface area contributed by atoms with Gasteiger partial charge in [0.05, 0.1) is 100 Å². The molecule has 0 unspecified atom stereocenters. The predicted molar refractivity (Wildman–Crippen MR) is 547 cm³/mol. The van der Waals surface area contributed by atoms with Crippen molar-refractivity contribution in [3.05, 3.63) is 232 Å². The van der Waals surface area contributed by atoms with E-state index in [-0.39, 0.29) is 62.0 Å². The molecule has 0 amide bonds. The number of nitrogens with zero attached hydrogens (tertiary/aromatic N) is 12. The predicted octanol–water partition coefficient (Wildman–Crippen LogP) is 21.2. The maximum atomic E-state index is 11.4. The molecule has 10 N–H and O–H groups in total. The van der Waals surface area contributed by atoms with Crippen LogP contribution in [0.2, 0.25) is 25.2 Å². The number of ether oxygens (including phenoxy) is 8. The molecule has 13 aromatic rings. The number of fused-ring (bicyclic) bond motifs is 4. The van der Waals surface area contributed by atoms with Crippen molar-refractivity contribution in [2.75, 3.05) is 68.8 Å². The largest absolute Gasteiger partial charge is 0.412 e. The van der Waals surface area contributed by atoms with Crippen molar-refractivity contribution in [1.82, 2.24) is 63.7 Å². The van der Waals surface area contributed by atoms with Crippen LogP contribution >= 0.6 is 58.0 Å². The smallest absolute Gasteiger partial charge is 0.169 e. The van der Waals surface area contributed by atoms with E-state index in [1.165, 1.54) is 37.7 Å². The first kappa shape index (κ1) is 108. The van der Waals surface area contributed by atoms with E-state index in [4.69, 9.17) is 112 Å². The van der Waals surface area contributed by atoms with Gasteiger partial charge in [0, 0.05) is 177 Å². The van der Waals surface area contributed by atoms with Gasteiger partial charge >= 0.3 is 0 Å². The van der Waals surface area contributed by atoms with Gasteiger partial charge in [-0.2, -0.15) is 5.10 Å². The maximum absolute atomic E-state index is 11.4. The number of anilines is 3. The molecule has 12 heterocycles. The molecular formula is C105H130Cl5N17O12Pd. The molecule has 5 aromatic carbocycles. The van der Waals surface area contributed by atoms with Crippen LogP contribution in [0.3, 0.4) is 0 Å². The fraction of sp³-hybridized carbons (Fsp3) is 0.467. The summed E-state index contributed by atoms with van der Waals surface area (Å²) in [6.45, 7) is 13.8. The van der Waals surface area contributed by atoms with E-state index in [9.17, 15) is 9.59 Å². The van der Waals surface area contributed by atoms with Gasteiger partial charge in [-0.25, -0.2) is 38.0 Å². The molecule has 0 bridgehead atoms. The standard InChI is InChI=1S/C23H29ClN4.C20H21ClN4O2.C18H17ClN4O.C15H21NO2.C12H7Cl2N3.C8H15NO2.C8H12O3.CH4.2H2O.Pd/c1-23(2,3)14-16-7-9-19(10-8-16)26-21-11-12-22-25-15-20(28(22)27-21)17-5-4-6-18(24)13-17;21-15-3-1-2-14(12-15)17-13-22-19-5-4-18(24-25(17)19)23-16-6-8-20(9-7-16)26-10-11-27-20;19-13-3-1-2-12(10-13)16-11-20-18-9-8-17(22-23(16)18)21-14-4-6-15(24)7-5-14;1-2-4-13(5-3-1)12-16-14-6-8-15(9-7-14)17-10-11-18-15;13-9-3-1-2-8(6-9)10-7-15-12-5-4-11(14)16-17(10)12;2*9-7-1-3-8(4-2-7)10-5-6-11-8;;;;/h4-6,11-13,15-16,19H,7-10,14H2,1-3H3,(H,26,27);1-5,12-13,16H,6-11H2,(H,23,24);1-3,8-11,14H,4-7H2,(H,21,22);1-5,14,16H,6-12H2;1-7H;7H,1-6,9H2;1-6H2;1H4;2*1H2;. The number of imidazole rings is 4. The van der Waals surface area contributed by atoms with Gasteiger partial charge in [0.25, 0.3) is 0 Å². The van der Waals surface area contributed by atoms with E-state index in [2.05, 4.69) is 103 Å². The summed E-state index contributed by atoms with van der Waals surface area (Å²) < 4.78 is 52.4. The summed E-state index contributed by atoms with van der Waals surface area (Å²) >= 11 is 30.2. The van der Waals surface area contributed by atoms with Gasteiger partial charge in [-0.15, -0.1) is 15.3 Å². The second-order valence-corrected chi connectivity index (χ2v) is 40.1. The normalized spacial score (nSPS) is 20.5. The van der Waals surface area contributed by atoms with E-state index < -0.39 is 0 Å². The SMILES string of the molecule is C.CC(C)(C)CC1CCC(Nc2ccc3ncc(-c4cccc(Cl)c4)n3n2)CC1.Clc1cccc(-c2cnc3ccc(Cl)nn23)c1.Clc1cccc(-c2cnc3ccc(NC4CCC5(CC4)OCCO5)nn23)c1.NC1CCC2(CC1)OCCO2.O.O.O=C1CCC(Nc2ccc3ncc(-c4cccc(Cl)c4)n3n2)CC1.O=C1CCC2(CC1)OCCO2.[Pd].c1ccc(CNC2CCC3(CC2)OCCO3)cc1. The number of nitrogens with one attached hydrogen (secondary N) is 4. The molecule has 4 saturated heterocycles. The number of hydrogen-bond donors (Lipinski definition) is 5. The Morgan fingerprint density at radius 2 is 0.679 bits per heavy atom. The van der Waals surface area contributed by atoms with Crippen LogP contribution in [-0.4, -0.2) is 187 Å². The molecule has 10 aliphatic rings. The summed E-state index contributed by atoms with van der Waals surface area (Å²) in [5.41, 5.74) is 18.3.